The molecule has 2 amide bonds. The fourth-order valence-electron chi connectivity index (χ4n) is 13.0. The molecule has 1 saturated heterocycles. The summed E-state index contributed by atoms with van der Waals surface area (Å²) in [5.41, 5.74) is 20.9. The number of alkyl carbamates (subject to hydrolysis) is 1. The largest absolute Gasteiger partial charge is 0.463 e. The number of esters is 4. The normalized spacial score (nSPS) is 17.0. The SMILES string of the molecule is CC(=O)OC[C@H]1O[C@@H](OC[C@H](NC(=O)OCC2c3ccccc3-c3ccccc32)C(=O)Nc2ccc(-c3c4nc(c(-c5ccc(C)cc5)c5ccc([nH]5)c(-c5ccc(C)cc5)c5nc(c(-c6ccc(C)cc6)c6ccc3[nH]6)C=C5)C=C4)cc2)[C@H](OC(C)=O)[C@@H](OC(C)=O)[C@@H]1OC(C)=O. The van der Waals surface area contributed by atoms with Gasteiger partial charge in [0.05, 0.1) is 29.4 Å². The maximum atomic E-state index is 15.0. The minimum atomic E-state index is -1.69. The Morgan fingerprint density at radius 1 is 0.459 bits per heavy atom. The standard InChI is InChI=1S/C79H70N6O13/c1-43-16-22-50(23-17-43)70-60-32-34-62(81-60)71(51-24-18-44(2)19-25-51)64-36-38-66(83-64)73(67-39-37-65(84-67)72(63-35-33-61(70)82-63)52-26-20-45(3)21-27-52)53-28-30-54(31-29-53)80-77(90)68(85-79(91)94-40-59-57-14-10-8-12-55(57)56-13-9-11-15-58(56)59)41-93-78-76(97-49(7)89)75(96-48(6)88)74(95-47(5)87)69(98-78)42-92-46(4)86/h8-39,59,68-69,74-76,78,81,84H,40-42H2,1-7H3,(H,80,90)(H,85,91)/t68-,69+,74+,75-,76+,78+/m0/s1. The molecule has 4 N–H and O–H groups in total. The molecular formula is C79H70N6O13. The zero-order valence-electron chi connectivity index (χ0n) is 54.8. The lowest BCUT2D eigenvalue weighted by Gasteiger charge is -2.44. The number of anilines is 1. The van der Waals surface area contributed by atoms with Crippen LogP contribution in [-0.4, -0.2) is 112 Å². The number of nitrogens with zero attached hydrogens (tertiary/aromatic N) is 2. The second-order valence-electron chi connectivity index (χ2n) is 24.6. The van der Waals surface area contributed by atoms with Crippen LogP contribution in [0.3, 0.4) is 0 Å². The van der Waals surface area contributed by atoms with Gasteiger partial charge in [-0.25, -0.2) is 14.8 Å². The highest BCUT2D eigenvalue weighted by Crippen LogP contribution is 2.45. The van der Waals surface area contributed by atoms with E-state index in [0.29, 0.717) is 11.4 Å². The molecule has 9 aromatic rings. The zero-order chi connectivity index (χ0) is 68.3. The number of rotatable bonds is 17. The minimum absolute atomic E-state index is 0.0972. The third kappa shape index (κ3) is 13.9. The fourth-order valence-corrected chi connectivity index (χ4v) is 13.0. The molecule has 8 bridgehead atoms. The number of aromatic nitrogens is 4. The van der Waals surface area contributed by atoms with Crippen LogP contribution < -0.4 is 10.6 Å². The summed E-state index contributed by atoms with van der Waals surface area (Å²) in [4.78, 5) is 97.9. The van der Waals surface area contributed by atoms with Crippen LogP contribution in [0.4, 0.5) is 10.5 Å². The van der Waals surface area contributed by atoms with Crippen molar-refractivity contribution in [1.29, 1.82) is 0 Å². The highest BCUT2D eigenvalue weighted by molar-refractivity contribution is 6.01. The number of amides is 2. The van der Waals surface area contributed by atoms with Gasteiger partial charge in [-0.15, -0.1) is 0 Å². The number of benzene rings is 6. The van der Waals surface area contributed by atoms with E-state index < -0.39 is 85.8 Å². The van der Waals surface area contributed by atoms with E-state index in [2.05, 4.69) is 138 Å². The van der Waals surface area contributed by atoms with Crippen molar-refractivity contribution in [2.45, 2.75) is 91.1 Å². The van der Waals surface area contributed by atoms with Gasteiger partial charge < -0.3 is 53.8 Å². The lowest BCUT2D eigenvalue weighted by atomic mass is 9.98. The van der Waals surface area contributed by atoms with Crippen LogP contribution >= 0.6 is 0 Å². The summed E-state index contributed by atoms with van der Waals surface area (Å²) < 4.78 is 40.6. The molecule has 98 heavy (non-hydrogen) atoms. The number of aromatic amines is 2. The second kappa shape index (κ2) is 28.0. The first-order valence-corrected chi connectivity index (χ1v) is 32.2. The smallest absolute Gasteiger partial charge is 0.407 e. The van der Waals surface area contributed by atoms with Crippen LogP contribution in [0.25, 0.3) is 102 Å². The second-order valence-corrected chi connectivity index (χ2v) is 24.6. The van der Waals surface area contributed by atoms with E-state index in [1.165, 1.54) is 0 Å². The van der Waals surface area contributed by atoms with E-state index in [1.54, 1.807) is 12.1 Å². The van der Waals surface area contributed by atoms with Crippen molar-refractivity contribution in [3.8, 4) is 55.6 Å². The summed E-state index contributed by atoms with van der Waals surface area (Å²) in [5.74, 6) is -4.36. The Bertz CT molecular complexity index is 4750. The molecule has 1 fully saturated rings. The third-order valence-electron chi connectivity index (χ3n) is 17.5. The predicted molar refractivity (Wildman–Crippen MR) is 373 cm³/mol. The summed E-state index contributed by atoms with van der Waals surface area (Å²) in [7, 11) is 0. The summed E-state index contributed by atoms with van der Waals surface area (Å²) in [6.07, 6.45) is -0.544. The van der Waals surface area contributed by atoms with Crippen molar-refractivity contribution in [3.63, 3.8) is 0 Å². The topological polar surface area (TPSA) is 248 Å². The first-order valence-electron chi connectivity index (χ1n) is 32.2. The number of carbonyl (C=O) groups excluding carboxylic acids is 6. The van der Waals surface area contributed by atoms with Gasteiger partial charge in [0, 0.05) is 83.6 Å². The van der Waals surface area contributed by atoms with Gasteiger partial charge in [0.25, 0.3) is 0 Å². The Hall–Kier alpha value is -11.5. The summed E-state index contributed by atoms with van der Waals surface area (Å²) >= 11 is 0. The Kier molecular flexibility index (Phi) is 18.6. The van der Waals surface area contributed by atoms with E-state index in [1.807, 2.05) is 84.9 Å². The van der Waals surface area contributed by atoms with E-state index in [9.17, 15) is 28.8 Å². The molecule has 0 saturated carbocycles. The van der Waals surface area contributed by atoms with Crippen LogP contribution in [0.2, 0.25) is 0 Å². The van der Waals surface area contributed by atoms with Crippen molar-refractivity contribution in [3.05, 3.63) is 220 Å². The molecule has 13 rings (SSSR count). The lowest BCUT2D eigenvalue weighted by molar-refractivity contribution is -0.308. The maximum Gasteiger partial charge on any atom is 0.407 e. The predicted octanol–water partition coefficient (Wildman–Crippen LogP) is 14.2. The van der Waals surface area contributed by atoms with Crippen molar-refractivity contribution >= 4 is 87.9 Å². The molecule has 3 aliphatic heterocycles. The van der Waals surface area contributed by atoms with Gasteiger partial charge in [-0.2, -0.15) is 0 Å². The van der Waals surface area contributed by atoms with E-state index in [0.717, 1.165) is 150 Å². The van der Waals surface area contributed by atoms with Crippen molar-refractivity contribution in [1.82, 2.24) is 25.3 Å². The number of hydrogen-bond acceptors (Lipinski definition) is 15. The number of ether oxygens (including phenoxy) is 7. The average Bonchev–Trinajstić information content (AvgIpc) is 1.57. The van der Waals surface area contributed by atoms with Gasteiger partial charge in [0.1, 0.15) is 25.4 Å². The molecule has 3 aromatic heterocycles. The van der Waals surface area contributed by atoms with Gasteiger partial charge in [-0.05, 0) is 126 Å². The van der Waals surface area contributed by atoms with E-state index >= 15 is 0 Å². The number of fused-ring (bicyclic) bond motifs is 11. The molecule has 19 heteroatoms. The number of hydrogen-bond donors (Lipinski definition) is 4. The average molecular weight is 1310 g/mol. The zero-order valence-corrected chi connectivity index (χ0v) is 54.8. The van der Waals surface area contributed by atoms with Crippen molar-refractivity contribution in [2.24, 2.45) is 0 Å². The summed E-state index contributed by atoms with van der Waals surface area (Å²) in [6.45, 7) is 9.33. The number of nitrogens with one attached hydrogen (secondary N) is 4. The summed E-state index contributed by atoms with van der Waals surface area (Å²) in [5, 5.41) is 5.62. The third-order valence-corrected chi connectivity index (χ3v) is 17.5. The minimum Gasteiger partial charge on any atom is -0.463 e. The van der Waals surface area contributed by atoms with Crippen LogP contribution in [-0.2, 0) is 57.1 Å². The molecule has 0 spiro atoms. The van der Waals surface area contributed by atoms with Crippen molar-refractivity contribution < 1.29 is 61.9 Å². The highest BCUT2D eigenvalue weighted by atomic mass is 16.7. The maximum absolute atomic E-state index is 15.0. The Morgan fingerprint density at radius 2 is 0.857 bits per heavy atom. The van der Waals surface area contributed by atoms with E-state index in [4.69, 9.17) is 43.1 Å². The molecule has 0 unspecified atom stereocenters. The number of aryl methyl sites for hydroxylation is 3. The molecular weight excluding hydrogens is 1240 g/mol. The molecule has 0 radical (unpaired) electrons. The van der Waals surface area contributed by atoms with Crippen molar-refractivity contribution in [2.75, 3.05) is 25.1 Å². The highest BCUT2D eigenvalue weighted by Gasteiger charge is 2.53. The molecule has 4 aliphatic rings. The number of H-pyrrole nitrogens is 2. The van der Waals surface area contributed by atoms with E-state index in [-0.39, 0.29) is 12.5 Å². The Morgan fingerprint density at radius 3 is 1.28 bits per heavy atom. The van der Waals surface area contributed by atoms with Gasteiger partial charge >= 0.3 is 30.0 Å². The molecule has 19 nitrogen and oxygen atoms in total. The van der Waals surface area contributed by atoms with Gasteiger partial charge in [0.2, 0.25) is 5.91 Å². The quantitative estimate of drug-likeness (QED) is 0.0489. The number of carbonyl (C=O) groups is 6. The van der Waals surface area contributed by atoms with Crippen LogP contribution in [0, 0.1) is 20.8 Å². The summed E-state index contributed by atoms with van der Waals surface area (Å²) in [6, 6.07) is 54.8. The Labute approximate surface area is 564 Å². The molecule has 494 valence electrons. The monoisotopic (exact) mass is 1310 g/mol. The van der Waals surface area contributed by atoms with Crippen LogP contribution in [0.1, 0.15) is 84.2 Å². The first-order chi connectivity index (χ1) is 47.4. The Balaban J connectivity index is 0.886. The molecule has 6 heterocycles. The lowest BCUT2D eigenvalue weighted by Crippen LogP contribution is -2.63. The van der Waals surface area contributed by atoms with Crippen LogP contribution in [0.5, 0.6) is 0 Å². The fraction of sp³-hybridized carbons (Fsp3) is 0.215. The first kappa shape index (κ1) is 65.1. The van der Waals surface area contributed by atoms with Gasteiger partial charge in [-0.1, -0.05) is 150 Å². The molecule has 6 aromatic carbocycles. The molecule has 6 atom stereocenters. The van der Waals surface area contributed by atoms with Gasteiger partial charge in [-0.3, -0.25) is 24.0 Å². The molecule has 1 aliphatic carbocycles. The van der Waals surface area contributed by atoms with Gasteiger partial charge in [0.15, 0.2) is 24.6 Å². The van der Waals surface area contributed by atoms with Crippen LogP contribution in [0.15, 0.2) is 170 Å².